The Morgan fingerprint density at radius 3 is 2.42 bits per heavy atom. The van der Waals surface area contributed by atoms with Gasteiger partial charge in [0.05, 0.1) is 29.3 Å². The summed E-state index contributed by atoms with van der Waals surface area (Å²) in [6.45, 7) is 7.61. The maximum absolute atomic E-state index is 14.6. The van der Waals surface area contributed by atoms with Gasteiger partial charge in [-0.3, -0.25) is 9.69 Å². The molecule has 1 heterocycles. The molecule has 0 saturated heterocycles. The molecule has 0 radical (unpaired) electrons. The minimum atomic E-state index is -1.03. The number of aliphatic hydroxyl groups is 4. The summed E-state index contributed by atoms with van der Waals surface area (Å²) in [7, 11) is 0. The van der Waals surface area contributed by atoms with Crippen LogP contribution in [0.4, 0.5) is 0 Å². The first-order chi connectivity index (χ1) is 21.4. The van der Waals surface area contributed by atoms with Gasteiger partial charge in [0.15, 0.2) is 5.78 Å². The zero-order valence-corrected chi connectivity index (χ0v) is 27.7. The predicted molar refractivity (Wildman–Crippen MR) is 177 cm³/mol. The lowest BCUT2D eigenvalue weighted by molar-refractivity contribution is -0.177. The fourth-order valence-corrected chi connectivity index (χ4v) is 11.9. The molecule has 242 valence electrons. The van der Waals surface area contributed by atoms with E-state index in [4.69, 9.17) is 0 Å². The minimum absolute atomic E-state index is 0.0667. The van der Waals surface area contributed by atoms with Crippen LogP contribution in [0.2, 0.25) is 0 Å². The smallest absolute Gasteiger partial charge is 0.199 e. The van der Waals surface area contributed by atoms with Crippen LogP contribution >= 0.6 is 11.3 Å². The maximum Gasteiger partial charge on any atom is 0.199 e. The lowest BCUT2D eigenvalue weighted by Gasteiger charge is -2.71. The third kappa shape index (κ3) is 4.56. The van der Waals surface area contributed by atoms with Gasteiger partial charge in [-0.2, -0.15) is 0 Å². The molecule has 9 unspecified atom stereocenters. The standard InChI is InChI=1S/C38H49NO5S/c1-25-9-10-30(45-25)33(43)29-20-36-17-18-38(29)31(34(36,2)14-11-27(41)19-36)12-15-35(3)32(38)13-16-37(35,44)24-39(22-28(42)23-40)21-26-7-5-4-6-8-26/h4-10,17-18,20,27-28,31-32,40-42,44H,11-16,19,21-24H2,1-3H3. The van der Waals surface area contributed by atoms with Gasteiger partial charge in [0.2, 0.25) is 0 Å². The summed E-state index contributed by atoms with van der Waals surface area (Å²) in [6.07, 6.45) is 11.3. The predicted octanol–water partition coefficient (Wildman–Crippen LogP) is 5.69. The molecular weight excluding hydrogens is 582 g/mol. The first-order valence-electron chi connectivity index (χ1n) is 16.9. The lowest BCUT2D eigenvalue weighted by atomic mass is 9.32. The van der Waals surface area contributed by atoms with E-state index in [1.54, 1.807) is 11.3 Å². The third-order valence-corrected chi connectivity index (χ3v) is 14.3. The van der Waals surface area contributed by atoms with Crippen LogP contribution in [0.1, 0.15) is 78.9 Å². The molecule has 4 N–H and O–H groups in total. The summed E-state index contributed by atoms with van der Waals surface area (Å²) in [6, 6.07) is 14.1. The molecule has 6 nitrogen and oxygen atoms in total. The van der Waals surface area contributed by atoms with Crippen LogP contribution in [0.5, 0.6) is 0 Å². The normalized spacial score (nSPS) is 40.5. The van der Waals surface area contributed by atoms with Crippen LogP contribution in [0.25, 0.3) is 0 Å². The van der Waals surface area contributed by atoms with Crippen LogP contribution in [-0.4, -0.2) is 68.6 Å². The van der Waals surface area contributed by atoms with Crippen molar-refractivity contribution < 1.29 is 25.2 Å². The summed E-state index contributed by atoms with van der Waals surface area (Å²) >= 11 is 1.56. The highest BCUT2D eigenvalue weighted by molar-refractivity contribution is 7.14. The van der Waals surface area contributed by atoms with E-state index in [1.807, 2.05) is 37.3 Å². The third-order valence-electron chi connectivity index (χ3n) is 13.3. The Balaban J connectivity index is 1.30. The van der Waals surface area contributed by atoms with E-state index >= 15 is 0 Å². The summed E-state index contributed by atoms with van der Waals surface area (Å²) < 4.78 is 0. The zero-order chi connectivity index (χ0) is 31.8. The Bertz CT molecular complexity index is 1520. The first-order valence-corrected chi connectivity index (χ1v) is 17.7. The number of fused-ring (bicyclic) bond motifs is 1. The fraction of sp³-hybridized carbons (Fsp3) is 0.605. The number of benzene rings is 1. The van der Waals surface area contributed by atoms with Gasteiger partial charge >= 0.3 is 0 Å². The SMILES string of the molecule is Cc1ccc(C(=O)C2=CC34C=CC25C(CCC2(C)C5CCC2(O)CN(Cc2ccccc2)CC(O)CO)C3(C)CCC(O)C4)s1. The number of thiophene rings is 1. The Labute approximate surface area is 271 Å². The van der Waals surface area contributed by atoms with Gasteiger partial charge in [-0.05, 0) is 86.8 Å². The molecule has 9 atom stereocenters. The summed E-state index contributed by atoms with van der Waals surface area (Å²) in [5, 5.41) is 44.0. The number of allylic oxidation sites excluding steroid dienone is 4. The molecule has 3 saturated carbocycles. The number of hydrogen-bond acceptors (Lipinski definition) is 7. The van der Waals surface area contributed by atoms with E-state index in [2.05, 4.69) is 49.1 Å². The molecule has 2 aromatic rings. The van der Waals surface area contributed by atoms with Crippen molar-refractivity contribution in [1.82, 2.24) is 4.90 Å². The van der Waals surface area contributed by atoms with Crippen molar-refractivity contribution in [3.8, 4) is 0 Å². The van der Waals surface area contributed by atoms with Gasteiger partial charge in [0.1, 0.15) is 0 Å². The van der Waals surface area contributed by atoms with Crippen molar-refractivity contribution in [2.24, 2.45) is 33.5 Å². The van der Waals surface area contributed by atoms with E-state index in [9.17, 15) is 25.2 Å². The Kier molecular flexibility index (Phi) is 7.67. The van der Waals surface area contributed by atoms with Crippen LogP contribution < -0.4 is 0 Å². The highest BCUT2D eigenvalue weighted by Crippen LogP contribution is 2.78. The van der Waals surface area contributed by atoms with E-state index in [0.29, 0.717) is 25.9 Å². The van der Waals surface area contributed by atoms with Crippen LogP contribution in [0.15, 0.2) is 66.3 Å². The molecule has 8 rings (SSSR count). The average Bonchev–Trinajstić information content (AvgIpc) is 3.57. The summed E-state index contributed by atoms with van der Waals surface area (Å²) in [5.41, 5.74) is -0.396. The van der Waals surface area contributed by atoms with Crippen LogP contribution in [0.3, 0.4) is 0 Å². The minimum Gasteiger partial charge on any atom is -0.394 e. The highest BCUT2D eigenvalue weighted by atomic mass is 32.1. The Morgan fingerprint density at radius 2 is 1.71 bits per heavy atom. The van der Waals surface area contributed by atoms with Crippen molar-refractivity contribution in [3.63, 3.8) is 0 Å². The van der Waals surface area contributed by atoms with E-state index in [1.165, 1.54) is 0 Å². The molecule has 2 bridgehead atoms. The monoisotopic (exact) mass is 631 g/mol. The number of aryl methyl sites for hydroxylation is 1. The molecule has 3 fully saturated rings. The van der Waals surface area contributed by atoms with E-state index in [0.717, 1.165) is 53.0 Å². The summed E-state index contributed by atoms with van der Waals surface area (Å²) in [4.78, 5) is 18.6. The van der Waals surface area contributed by atoms with E-state index < -0.39 is 22.5 Å². The first kappa shape index (κ1) is 31.5. The van der Waals surface area contributed by atoms with Crippen molar-refractivity contribution in [1.29, 1.82) is 0 Å². The highest BCUT2D eigenvalue weighted by Gasteiger charge is 2.74. The number of carbonyl (C=O) groups excluding carboxylic acids is 1. The molecule has 0 aliphatic heterocycles. The van der Waals surface area contributed by atoms with Crippen molar-refractivity contribution in [3.05, 3.63) is 81.6 Å². The van der Waals surface area contributed by atoms with Gasteiger partial charge in [-0.25, -0.2) is 0 Å². The van der Waals surface area contributed by atoms with Gasteiger partial charge in [-0.15, -0.1) is 11.3 Å². The van der Waals surface area contributed by atoms with Gasteiger partial charge < -0.3 is 20.4 Å². The Hall–Kier alpha value is -2.13. The van der Waals surface area contributed by atoms with Gasteiger partial charge in [0.25, 0.3) is 0 Å². The molecule has 0 amide bonds. The lowest BCUT2D eigenvalue weighted by Crippen LogP contribution is -2.67. The quantitative estimate of drug-likeness (QED) is 0.210. The van der Waals surface area contributed by atoms with E-state index in [-0.39, 0.29) is 47.7 Å². The molecule has 1 aromatic carbocycles. The van der Waals surface area contributed by atoms with Gasteiger partial charge in [-0.1, -0.05) is 62.4 Å². The number of hydrogen-bond donors (Lipinski definition) is 4. The number of nitrogens with zero attached hydrogens (tertiary/aromatic N) is 1. The second-order valence-corrected chi connectivity index (χ2v) is 16.8. The number of carbonyl (C=O) groups is 1. The molecule has 6 aliphatic rings. The molecule has 2 spiro atoms. The van der Waals surface area contributed by atoms with Crippen LogP contribution in [-0.2, 0) is 6.54 Å². The van der Waals surface area contributed by atoms with Crippen molar-refractivity contribution >= 4 is 17.1 Å². The molecular formula is C38H49NO5S. The largest absolute Gasteiger partial charge is 0.394 e. The second-order valence-electron chi connectivity index (χ2n) is 15.5. The van der Waals surface area contributed by atoms with Crippen molar-refractivity contribution in [2.45, 2.75) is 90.1 Å². The Morgan fingerprint density at radius 1 is 1.00 bits per heavy atom. The number of aliphatic hydroxyl groups excluding tert-OH is 3. The summed E-state index contributed by atoms with van der Waals surface area (Å²) in [5.74, 6) is 0.439. The molecule has 1 aromatic heterocycles. The maximum atomic E-state index is 14.6. The molecule has 6 aliphatic carbocycles. The topological polar surface area (TPSA) is 101 Å². The number of ketones is 1. The molecule has 7 heteroatoms. The molecule has 45 heavy (non-hydrogen) atoms. The number of Topliss-reactive ketones (excluding diaryl/α,β-unsaturated/α-hetero) is 1. The second kappa shape index (κ2) is 11.0. The fourth-order valence-electron chi connectivity index (χ4n) is 11.0. The average molecular weight is 632 g/mol. The zero-order valence-electron chi connectivity index (χ0n) is 26.9. The van der Waals surface area contributed by atoms with Gasteiger partial charge in [0, 0.05) is 46.3 Å². The van der Waals surface area contributed by atoms with Crippen LogP contribution in [0, 0.1) is 40.4 Å². The number of rotatable bonds is 9. The van der Waals surface area contributed by atoms with Crippen molar-refractivity contribution in [2.75, 3.05) is 19.7 Å².